The summed E-state index contributed by atoms with van der Waals surface area (Å²) in [5.41, 5.74) is 3.21. The van der Waals surface area contributed by atoms with Crippen LogP contribution in [0.2, 0.25) is 0 Å². The zero-order valence-electron chi connectivity index (χ0n) is 22.2. The third-order valence-electron chi connectivity index (χ3n) is 10.3. The number of aryl methyl sites for hydroxylation is 1. The molecule has 3 aliphatic carbocycles. The van der Waals surface area contributed by atoms with E-state index in [1.54, 1.807) is 36.8 Å². The molecule has 0 unspecified atom stereocenters. The van der Waals surface area contributed by atoms with E-state index in [1.165, 1.54) is 96.3 Å². The lowest BCUT2D eigenvalue weighted by atomic mass is 9.68. The van der Waals surface area contributed by atoms with E-state index >= 15 is 0 Å². The van der Waals surface area contributed by atoms with Gasteiger partial charge in [-0.15, -0.1) is 0 Å². The Morgan fingerprint density at radius 3 is 1.61 bits per heavy atom. The number of hydrogen-bond acceptors (Lipinski definition) is 0. The van der Waals surface area contributed by atoms with Gasteiger partial charge in [-0.3, -0.25) is 0 Å². The Labute approximate surface area is 206 Å². The normalized spacial score (nSPS) is 33.2. The van der Waals surface area contributed by atoms with Crippen molar-refractivity contribution >= 4 is 0 Å². The number of rotatable bonds is 10. The van der Waals surface area contributed by atoms with Crippen LogP contribution in [0.25, 0.3) is 0 Å². The maximum absolute atomic E-state index is 2.48. The van der Waals surface area contributed by atoms with Crippen molar-refractivity contribution in [3.63, 3.8) is 0 Å². The molecule has 3 aliphatic rings. The molecule has 3 saturated carbocycles. The minimum Gasteiger partial charge on any atom is -0.0654 e. The average molecular weight is 451 g/mol. The lowest BCUT2D eigenvalue weighted by Crippen LogP contribution is -2.26. The summed E-state index contributed by atoms with van der Waals surface area (Å²) in [6.07, 6.45) is 28.0. The standard InChI is InChI=1S/C33H54/c1-3-5-7-27-12-20-31(21-13-27)33-24-16-29(17-25-33)9-8-28-14-22-32(23-15-28)30-18-10-26(6-4-2)11-19-30/h14-15,22-23,26-27,29-31,33H,3-13,16-21,24-25H2,1-2H3/t26-,27-,29-,30-,31-,33-. The van der Waals surface area contributed by atoms with Gasteiger partial charge in [0.05, 0.1) is 0 Å². The highest BCUT2D eigenvalue weighted by Gasteiger charge is 2.30. The van der Waals surface area contributed by atoms with Crippen LogP contribution in [0.5, 0.6) is 0 Å². The molecule has 0 saturated heterocycles. The highest BCUT2D eigenvalue weighted by molar-refractivity contribution is 5.26. The van der Waals surface area contributed by atoms with Crippen LogP contribution in [-0.2, 0) is 6.42 Å². The van der Waals surface area contributed by atoms with Crippen LogP contribution in [0.3, 0.4) is 0 Å². The number of benzene rings is 1. The second kappa shape index (κ2) is 13.3. The second-order valence-corrected chi connectivity index (χ2v) is 12.5. The molecule has 1 aromatic carbocycles. The zero-order chi connectivity index (χ0) is 22.9. The summed E-state index contributed by atoms with van der Waals surface area (Å²) in [5, 5.41) is 0. The Morgan fingerprint density at radius 1 is 0.545 bits per heavy atom. The topological polar surface area (TPSA) is 0 Å². The zero-order valence-corrected chi connectivity index (χ0v) is 22.2. The Hall–Kier alpha value is -0.780. The molecule has 4 rings (SSSR count). The maximum Gasteiger partial charge on any atom is -0.0162 e. The van der Waals surface area contributed by atoms with E-state index < -0.39 is 0 Å². The first kappa shape index (κ1) is 25.3. The van der Waals surface area contributed by atoms with E-state index in [-0.39, 0.29) is 0 Å². The minimum absolute atomic E-state index is 0.837. The summed E-state index contributed by atoms with van der Waals surface area (Å²) in [4.78, 5) is 0. The molecule has 1 aromatic rings. The van der Waals surface area contributed by atoms with E-state index in [1.807, 2.05) is 0 Å². The summed E-state index contributed by atoms with van der Waals surface area (Å²) in [7, 11) is 0. The quantitative estimate of drug-likeness (QED) is 0.332. The first-order chi connectivity index (χ1) is 16.2. The van der Waals surface area contributed by atoms with E-state index in [0.29, 0.717) is 0 Å². The van der Waals surface area contributed by atoms with Crippen molar-refractivity contribution < 1.29 is 0 Å². The second-order valence-electron chi connectivity index (χ2n) is 12.5. The van der Waals surface area contributed by atoms with Gasteiger partial charge in [0.15, 0.2) is 0 Å². The van der Waals surface area contributed by atoms with E-state index in [4.69, 9.17) is 0 Å². The SMILES string of the molecule is CCCC[C@H]1CC[C@H]([C@H]2CC[C@H](CCc3ccc([C@H]4CC[C@H](CCC)CC4)cc3)CC2)CC1. The molecule has 0 aromatic heterocycles. The summed E-state index contributed by atoms with van der Waals surface area (Å²) in [6, 6.07) is 9.90. The fourth-order valence-electron chi connectivity index (χ4n) is 7.91. The van der Waals surface area contributed by atoms with Crippen molar-refractivity contribution in [3.8, 4) is 0 Å². The van der Waals surface area contributed by atoms with E-state index in [9.17, 15) is 0 Å². The fraction of sp³-hybridized carbons (Fsp3) is 0.818. The van der Waals surface area contributed by atoms with Gasteiger partial charge in [-0.05, 0) is 111 Å². The molecule has 0 radical (unpaired) electrons. The molecule has 33 heavy (non-hydrogen) atoms. The van der Waals surface area contributed by atoms with Gasteiger partial charge < -0.3 is 0 Å². The van der Waals surface area contributed by atoms with Crippen molar-refractivity contribution in [2.24, 2.45) is 29.6 Å². The molecule has 0 N–H and O–H groups in total. The fourth-order valence-corrected chi connectivity index (χ4v) is 7.91. The van der Waals surface area contributed by atoms with Crippen LogP contribution < -0.4 is 0 Å². The maximum atomic E-state index is 2.48. The molecule has 0 bridgehead atoms. The Bertz CT molecular complexity index is 633. The predicted octanol–water partition coefficient (Wildman–Crippen LogP) is 10.5. The number of unbranched alkanes of at least 4 members (excludes halogenated alkanes) is 1. The summed E-state index contributed by atoms with van der Waals surface area (Å²) < 4.78 is 0. The van der Waals surface area contributed by atoms with Crippen LogP contribution in [0.1, 0.15) is 146 Å². The van der Waals surface area contributed by atoms with Crippen molar-refractivity contribution in [1.29, 1.82) is 0 Å². The molecule has 0 aliphatic heterocycles. The molecule has 0 amide bonds. The van der Waals surface area contributed by atoms with Crippen LogP contribution in [0, 0.1) is 29.6 Å². The Morgan fingerprint density at radius 2 is 1.06 bits per heavy atom. The van der Waals surface area contributed by atoms with Crippen molar-refractivity contribution in [2.75, 3.05) is 0 Å². The van der Waals surface area contributed by atoms with Crippen LogP contribution in [-0.4, -0.2) is 0 Å². The van der Waals surface area contributed by atoms with Gasteiger partial charge in [-0.25, -0.2) is 0 Å². The lowest BCUT2D eigenvalue weighted by Gasteiger charge is -2.38. The highest BCUT2D eigenvalue weighted by Crippen LogP contribution is 2.43. The van der Waals surface area contributed by atoms with E-state index in [0.717, 1.165) is 35.5 Å². The van der Waals surface area contributed by atoms with Crippen LogP contribution in [0.15, 0.2) is 24.3 Å². The molecule has 0 atom stereocenters. The highest BCUT2D eigenvalue weighted by atomic mass is 14.4. The Balaban J connectivity index is 1.13. The van der Waals surface area contributed by atoms with E-state index in [2.05, 4.69) is 38.1 Å². The minimum atomic E-state index is 0.837. The molecule has 0 heteroatoms. The van der Waals surface area contributed by atoms with Gasteiger partial charge in [-0.1, -0.05) is 95.9 Å². The van der Waals surface area contributed by atoms with Gasteiger partial charge in [0.25, 0.3) is 0 Å². The molecular weight excluding hydrogens is 396 g/mol. The van der Waals surface area contributed by atoms with Gasteiger partial charge in [0.2, 0.25) is 0 Å². The van der Waals surface area contributed by atoms with Gasteiger partial charge in [0, 0.05) is 0 Å². The molecule has 0 spiro atoms. The molecule has 186 valence electrons. The first-order valence-electron chi connectivity index (χ1n) is 15.3. The largest absolute Gasteiger partial charge is 0.0654 e. The summed E-state index contributed by atoms with van der Waals surface area (Å²) in [5.74, 6) is 6.06. The van der Waals surface area contributed by atoms with Crippen molar-refractivity contribution in [2.45, 2.75) is 142 Å². The third kappa shape index (κ3) is 7.60. The molecule has 0 heterocycles. The molecule has 3 fully saturated rings. The smallest absolute Gasteiger partial charge is 0.0162 e. The van der Waals surface area contributed by atoms with Gasteiger partial charge >= 0.3 is 0 Å². The van der Waals surface area contributed by atoms with Crippen LogP contribution in [0.4, 0.5) is 0 Å². The predicted molar refractivity (Wildman–Crippen MR) is 145 cm³/mol. The number of hydrogen-bond donors (Lipinski definition) is 0. The molecule has 0 nitrogen and oxygen atoms in total. The monoisotopic (exact) mass is 450 g/mol. The summed E-state index contributed by atoms with van der Waals surface area (Å²) in [6.45, 7) is 4.69. The molecular formula is C33H54. The van der Waals surface area contributed by atoms with Crippen molar-refractivity contribution in [3.05, 3.63) is 35.4 Å². The summed E-state index contributed by atoms with van der Waals surface area (Å²) >= 11 is 0. The Kier molecular flexibility index (Phi) is 10.2. The van der Waals surface area contributed by atoms with Gasteiger partial charge in [0.1, 0.15) is 0 Å². The van der Waals surface area contributed by atoms with Crippen LogP contribution >= 0.6 is 0 Å². The first-order valence-corrected chi connectivity index (χ1v) is 15.3. The third-order valence-corrected chi connectivity index (χ3v) is 10.3. The average Bonchev–Trinajstić information content (AvgIpc) is 2.88. The lowest BCUT2D eigenvalue weighted by molar-refractivity contribution is 0.140. The van der Waals surface area contributed by atoms with Crippen molar-refractivity contribution in [1.82, 2.24) is 0 Å². The van der Waals surface area contributed by atoms with Gasteiger partial charge in [-0.2, -0.15) is 0 Å².